The van der Waals surface area contributed by atoms with Crippen molar-refractivity contribution in [3.63, 3.8) is 0 Å². The van der Waals surface area contributed by atoms with Crippen LogP contribution in [-0.2, 0) is 20.4 Å². The highest BCUT2D eigenvalue weighted by molar-refractivity contribution is 6.04. The fourth-order valence-corrected chi connectivity index (χ4v) is 8.80. The molecular weight excluding hydrogens is 689 g/mol. The Morgan fingerprint density at radius 3 is 1.93 bits per heavy atom. The first-order chi connectivity index (χ1) is 26.8. The summed E-state index contributed by atoms with van der Waals surface area (Å²) < 4.78 is 2.18. The highest BCUT2D eigenvalue weighted by Gasteiger charge is 2.45. The maximum atomic E-state index is 13.6. The summed E-state index contributed by atoms with van der Waals surface area (Å²) in [5, 5.41) is 6.41. The van der Waals surface area contributed by atoms with E-state index < -0.39 is 0 Å². The first-order valence-corrected chi connectivity index (χ1v) is 19.9. The summed E-state index contributed by atoms with van der Waals surface area (Å²) in [6.07, 6.45) is 14.3. The van der Waals surface area contributed by atoms with Crippen LogP contribution >= 0.6 is 0 Å². The molecule has 56 heavy (non-hydrogen) atoms. The number of carbonyl (C=O) groups excluding carboxylic acids is 2. The Morgan fingerprint density at radius 2 is 1.27 bits per heavy atom. The molecule has 0 bridgehead atoms. The zero-order valence-corrected chi connectivity index (χ0v) is 34.2. The van der Waals surface area contributed by atoms with Crippen molar-refractivity contribution in [3.8, 4) is 0 Å². The second kappa shape index (κ2) is 15.4. The van der Waals surface area contributed by atoms with Crippen molar-refractivity contribution in [2.75, 3.05) is 28.6 Å². The van der Waals surface area contributed by atoms with E-state index in [1.165, 1.54) is 22.3 Å². The van der Waals surface area contributed by atoms with Crippen LogP contribution < -0.4 is 15.5 Å². The van der Waals surface area contributed by atoms with Crippen LogP contribution in [0, 0.1) is 27.7 Å². The van der Waals surface area contributed by atoms with Gasteiger partial charge in [-0.25, -0.2) is 0 Å². The summed E-state index contributed by atoms with van der Waals surface area (Å²) in [6, 6.07) is 29.0. The molecule has 0 spiro atoms. The monoisotopic (exact) mass is 743 g/mol. The molecule has 0 atom stereocenters. The zero-order chi connectivity index (χ0) is 39.8. The van der Waals surface area contributed by atoms with Crippen molar-refractivity contribution in [1.29, 1.82) is 0 Å². The Hall–Kier alpha value is -5.75. The van der Waals surface area contributed by atoms with Crippen molar-refractivity contribution in [2.45, 2.75) is 85.5 Å². The van der Waals surface area contributed by atoms with Crippen LogP contribution in [0.5, 0.6) is 0 Å². The Kier molecular flexibility index (Phi) is 10.6. The molecule has 2 heterocycles. The molecule has 4 aromatic rings. The van der Waals surface area contributed by atoms with Crippen LogP contribution in [0.15, 0.2) is 132 Å². The summed E-state index contributed by atoms with van der Waals surface area (Å²) in [5.41, 5.74) is 14.8. The van der Waals surface area contributed by atoms with E-state index in [1.807, 2.05) is 64.1 Å². The summed E-state index contributed by atoms with van der Waals surface area (Å²) in [4.78, 5) is 29.5. The molecule has 2 N–H and O–H groups in total. The highest BCUT2D eigenvalue weighted by atomic mass is 16.2. The van der Waals surface area contributed by atoms with Gasteiger partial charge in [0.05, 0.1) is 5.41 Å². The van der Waals surface area contributed by atoms with Crippen molar-refractivity contribution in [2.24, 2.45) is 0 Å². The Balaban J connectivity index is 1.17. The van der Waals surface area contributed by atoms with E-state index in [-0.39, 0.29) is 35.7 Å². The van der Waals surface area contributed by atoms with Crippen LogP contribution in [0.3, 0.4) is 0 Å². The van der Waals surface area contributed by atoms with Gasteiger partial charge in [0.1, 0.15) is 6.54 Å². The number of amides is 2. The first-order valence-electron chi connectivity index (χ1n) is 19.9. The molecule has 6 nitrogen and oxygen atoms in total. The molecule has 2 amide bonds. The van der Waals surface area contributed by atoms with Crippen LogP contribution in [0.4, 0.5) is 22.7 Å². The maximum Gasteiger partial charge on any atom is 0.290 e. The molecule has 286 valence electrons. The number of fused-ring (bicyclic) bond motifs is 2. The largest absolute Gasteiger partial charge is 0.335 e. The molecule has 0 saturated heterocycles. The second-order valence-electron chi connectivity index (χ2n) is 16.7. The molecule has 0 fully saturated rings. The number of hydrogen-bond acceptors (Lipinski definition) is 3. The van der Waals surface area contributed by atoms with Gasteiger partial charge in [-0.1, -0.05) is 105 Å². The summed E-state index contributed by atoms with van der Waals surface area (Å²) in [7, 11) is 0. The average Bonchev–Trinajstić information content (AvgIpc) is 3.51. The summed E-state index contributed by atoms with van der Waals surface area (Å²) in [5.74, 6) is -0.0745. The number of aryl methyl sites for hydroxylation is 4. The van der Waals surface area contributed by atoms with Gasteiger partial charge < -0.3 is 15.5 Å². The van der Waals surface area contributed by atoms with Crippen LogP contribution in [0.1, 0.15) is 80.3 Å². The summed E-state index contributed by atoms with van der Waals surface area (Å²) >= 11 is 0. The van der Waals surface area contributed by atoms with E-state index in [0.717, 1.165) is 75.7 Å². The molecule has 2 aliphatic heterocycles. The standard InChI is InChI=1S/C50H54N4O2/c1-33-16-13-17-34(2)47(33)51-45(55)31-53-41-24-11-9-22-39(41)49(5,6)43(53)28-26-37-20-15-21-38(30-37)27-29-44-50(7,8)40-23-10-12-25-42(40)54(44)32-46(56)52-48-35(3)18-14-19-36(48)4/h9-14,16-19,22-30H,15,20-21,31-32H2,1-8H3,(H-,51,52,55,56)/p+1. The van der Waals surface area contributed by atoms with Gasteiger partial charge in [-0.2, -0.15) is 4.58 Å². The number of nitrogens with one attached hydrogen (secondary N) is 2. The van der Waals surface area contributed by atoms with Crippen LogP contribution in [0.2, 0.25) is 0 Å². The fourth-order valence-electron chi connectivity index (χ4n) is 8.80. The van der Waals surface area contributed by atoms with Gasteiger partial charge in [0.15, 0.2) is 5.71 Å². The van der Waals surface area contributed by atoms with Crippen LogP contribution in [-0.4, -0.2) is 35.2 Å². The van der Waals surface area contributed by atoms with Gasteiger partial charge in [0.2, 0.25) is 18.1 Å². The van der Waals surface area contributed by atoms with E-state index in [4.69, 9.17) is 0 Å². The lowest BCUT2D eigenvalue weighted by molar-refractivity contribution is -0.424. The average molecular weight is 744 g/mol. The number of hydrogen-bond donors (Lipinski definition) is 2. The Labute approximate surface area is 333 Å². The summed E-state index contributed by atoms with van der Waals surface area (Å²) in [6.45, 7) is 17.6. The Bertz CT molecular complexity index is 2340. The van der Waals surface area contributed by atoms with Crippen molar-refractivity contribution >= 4 is 40.3 Å². The van der Waals surface area contributed by atoms with E-state index in [9.17, 15) is 9.59 Å². The third-order valence-electron chi connectivity index (χ3n) is 11.9. The molecule has 0 aromatic heterocycles. The lowest BCUT2D eigenvalue weighted by Gasteiger charge is -2.27. The number of rotatable bonds is 9. The number of anilines is 3. The van der Waals surface area contributed by atoms with Gasteiger partial charge in [-0.15, -0.1) is 0 Å². The Morgan fingerprint density at radius 1 is 0.679 bits per heavy atom. The molecule has 4 aromatic carbocycles. The number of benzene rings is 4. The predicted molar refractivity (Wildman–Crippen MR) is 232 cm³/mol. The highest BCUT2D eigenvalue weighted by Crippen LogP contribution is 2.48. The van der Waals surface area contributed by atoms with E-state index in [2.05, 4.69) is 127 Å². The fraction of sp³-hybridized carbons (Fsp3) is 0.300. The minimum absolute atomic E-state index is 0.0373. The van der Waals surface area contributed by atoms with Crippen molar-refractivity contribution in [3.05, 3.63) is 166 Å². The lowest BCUT2D eigenvalue weighted by Crippen LogP contribution is -2.34. The van der Waals surface area contributed by atoms with Gasteiger partial charge in [-0.05, 0) is 112 Å². The quantitative estimate of drug-likeness (QED) is 0.168. The smallest absolute Gasteiger partial charge is 0.290 e. The molecule has 0 radical (unpaired) electrons. The molecule has 3 aliphatic rings. The van der Waals surface area contributed by atoms with E-state index in [1.54, 1.807) is 0 Å². The molecular formula is C50H55N4O2+. The number of carbonyl (C=O) groups is 2. The molecule has 7 rings (SSSR count). The predicted octanol–water partition coefficient (Wildman–Crippen LogP) is 10.8. The second-order valence-corrected chi connectivity index (χ2v) is 16.7. The first kappa shape index (κ1) is 38.5. The third-order valence-corrected chi connectivity index (χ3v) is 11.9. The topological polar surface area (TPSA) is 64.5 Å². The van der Waals surface area contributed by atoms with Gasteiger partial charge in [0.25, 0.3) is 5.91 Å². The lowest BCUT2D eigenvalue weighted by atomic mass is 9.81. The number of allylic oxidation sites excluding steroid dienone is 8. The molecule has 0 unspecified atom stereocenters. The third kappa shape index (κ3) is 7.45. The minimum Gasteiger partial charge on any atom is -0.335 e. The van der Waals surface area contributed by atoms with Crippen molar-refractivity contribution in [1.82, 2.24) is 0 Å². The SMILES string of the molecule is Cc1cccc(C)c1NC(=O)CN1/C(=C/C=C2C=C(/C=C/C3=[N+](CC(=O)Nc4c(C)cccc4C)c4ccccc4C3(C)C)CCC/2)C(C)(C)c2ccccc21. The molecule has 1 aliphatic carbocycles. The molecule has 6 heteroatoms. The van der Waals surface area contributed by atoms with Gasteiger partial charge >= 0.3 is 0 Å². The van der Waals surface area contributed by atoms with Gasteiger partial charge in [-0.3, -0.25) is 9.59 Å². The minimum atomic E-state index is -0.277. The van der Waals surface area contributed by atoms with Crippen LogP contribution in [0.25, 0.3) is 0 Å². The number of para-hydroxylation sites is 4. The van der Waals surface area contributed by atoms with E-state index in [0.29, 0.717) is 0 Å². The molecule has 0 saturated carbocycles. The maximum absolute atomic E-state index is 13.6. The van der Waals surface area contributed by atoms with E-state index >= 15 is 0 Å². The number of nitrogens with zero attached hydrogens (tertiary/aromatic N) is 2. The zero-order valence-electron chi connectivity index (χ0n) is 34.2. The normalized spacial score (nSPS) is 18.4. The van der Waals surface area contributed by atoms with Gasteiger partial charge in [0, 0.05) is 45.9 Å². The van der Waals surface area contributed by atoms with Crippen molar-refractivity contribution < 1.29 is 14.2 Å².